The van der Waals surface area contributed by atoms with Gasteiger partial charge in [0.1, 0.15) is 5.82 Å². The predicted molar refractivity (Wildman–Crippen MR) is 59.2 cm³/mol. The number of hydrogen-bond donors (Lipinski definition) is 1. The van der Waals surface area contributed by atoms with Crippen molar-refractivity contribution in [2.75, 3.05) is 13.7 Å². The minimum Gasteiger partial charge on any atom is -0.385 e. The van der Waals surface area contributed by atoms with Crippen LogP contribution >= 0.6 is 0 Å². The van der Waals surface area contributed by atoms with Gasteiger partial charge in [-0.15, -0.1) is 0 Å². The first kappa shape index (κ1) is 12.1. The molecule has 1 rings (SSSR count). The van der Waals surface area contributed by atoms with Crippen LogP contribution in [0.25, 0.3) is 0 Å². The fraction of sp³-hybridized carbons (Fsp3) is 0.500. The summed E-state index contributed by atoms with van der Waals surface area (Å²) in [5.74, 6) is -0.214. The number of hydrogen-bond acceptors (Lipinski definition) is 2. The second-order valence-electron chi connectivity index (χ2n) is 4.20. The zero-order chi connectivity index (χ0) is 11.3. The molecule has 0 bridgehead atoms. The number of halogens is 1. The van der Waals surface area contributed by atoms with Crippen LogP contribution in [0.2, 0.25) is 0 Å². The molecule has 84 valence electrons. The summed E-state index contributed by atoms with van der Waals surface area (Å²) in [6.45, 7) is 2.63. The van der Waals surface area contributed by atoms with E-state index in [2.05, 4.69) is 0 Å². The van der Waals surface area contributed by atoms with E-state index in [0.29, 0.717) is 6.61 Å². The normalized spacial score (nSPS) is 14.9. The van der Waals surface area contributed by atoms with Crippen molar-refractivity contribution < 1.29 is 9.13 Å². The van der Waals surface area contributed by atoms with Crippen molar-refractivity contribution in [2.24, 2.45) is 5.73 Å². The highest BCUT2D eigenvalue weighted by Gasteiger charge is 2.18. The molecule has 0 aliphatic heterocycles. The fourth-order valence-electron chi connectivity index (χ4n) is 1.49. The molecule has 0 fully saturated rings. The summed E-state index contributed by atoms with van der Waals surface area (Å²) < 4.78 is 17.7. The van der Waals surface area contributed by atoms with E-state index in [0.717, 1.165) is 18.4 Å². The van der Waals surface area contributed by atoms with Gasteiger partial charge in [0.05, 0.1) is 0 Å². The number of benzene rings is 1. The molecule has 15 heavy (non-hydrogen) atoms. The van der Waals surface area contributed by atoms with Crippen molar-refractivity contribution in [2.45, 2.75) is 25.3 Å². The van der Waals surface area contributed by atoms with Crippen LogP contribution in [0.4, 0.5) is 4.39 Å². The zero-order valence-corrected chi connectivity index (χ0v) is 9.29. The highest BCUT2D eigenvalue weighted by atomic mass is 19.1. The molecular weight excluding hydrogens is 193 g/mol. The lowest BCUT2D eigenvalue weighted by Crippen LogP contribution is -2.39. The molecule has 1 unspecified atom stereocenters. The third kappa shape index (κ3) is 4.40. The number of ether oxygens (including phenoxy) is 1. The van der Waals surface area contributed by atoms with E-state index in [-0.39, 0.29) is 11.4 Å². The number of nitrogens with two attached hydrogens (primary N) is 1. The Morgan fingerprint density at radius 1 is 1.33 bits per heavy atom. The fourth-order valence-corrected chi connectivity index (χ4v) is 1.49. The Morgan fingerprint density at radius 3 is 2.47 bits per heavy atom. The van der Waals surface area contributed by atoms with Gasteiger partial charge in [0.15, 0.2) is 0 Å². The van der Waals surface area contributed by atoms with Crippen molar-refractivity contribution in [1.29, 1.82) is 0 Å². The van der Waals surface area contributed by atoms with Gasteiger partial charge in [-0.2, -0.15) is 0 Å². The van der Waals surface area contributed by atoms with Crippen LogP contribution < -0.4 is 5.73 Å². The third-order valence-electron chi connectivity index (χ3n) is 2.40. The molecule has 0 aliphatic carbocycles. The molecule has 0 amide bonds. The van der Waals surface area contributed by atoms with Crippen LogP contribution in [0.3, 0.4) is 0 Å². The maximum Gasteiger partial charge on any atom is 0.123 e. The molecule has 0 spiro atoms. The average Bonchev–Trinajstić information content (AvgIpc) is 2.18. The molecule has 1 aromatic rings. The number of methoxy groups -OCH3 is 1. The lowest BCUT2D eigenvalue weighted by Gasteiger charge is -2.24. The summed E-state index contributed by atoms with van der Waals surface area (Å²) in [4.78, 5) is 0. The average molecular weight is 211 g/mol. The van der Waals surface area contributed by atoms with Gasteiger partial charge in [-0.1, -0.05) is 12.1 Å². The second-order valence-corrected chi connectivity index (χ2v) is 4.20. The summed E-state index contributed by atoms with van der Waals surface area (Å²) in [6.07, 6.45) is 1.53. The molecule has 0 saturated heterocycles. The Morgan fingerprint density at radius 2 is 1.93 bits per heavy atom. The summed E-state index contributed by atoms with van der Waals surface area (Å²) in [5, 5.41) is 0. The largest absolute Gasteiger partial charge is 0.385 e. The first-order chi connectivity index (χ1) is 7.03. The van der Waals surface area contributed by atoms with Gasteiger partial charge < -0.3 is 10.5 Å². The Kier molecular flexibility index (Phi) is 4.24. The molecule has 1 aromatic carbocycles. The van der Waals surface area contributed by atoms with E-state index in [1.165, 1.54) is 12.1 Å². The van der Waals surface area contributed by atoms with Crippen LogP contribution in [0.1, 0.15) is 18.9 Å². The summed E-state index contributed by atoms with van der Waals surface area (Å²) in [6, 6.07) is 6.46. The van der Waals surface area contributed by atoms with Crippen molar-refractivity contribution in [3.63, 3.8) is 0 Å². The lowest BCUT2D eigenvalue weighted by atomic mass is 9.91. The Bertz CT molecular complexity index is 295. The highest BCUT2D eigenvalue weighted by molar-refractivity contribution is 5.18. The molecule has 0 heterocycles. The van der Waals surface area contributed by atoms with Gasteiger partial charge in [-0.25, -0.2) is 4.39 Å². The first-order valence-electron chi connectivity index (χ1n) is 5.06. The van der Waals surface area contributed by atoms with E-state index in [4.69, 9.17) is 10.5 Å². The SMILES string of the molecule is COCCC(C)(N)Cc1ccc(F)cc1. The van der Waals surface area contributed by atoms with Crippen molar-refractivity contribution >= 4 is 0 Å². The van der Waals surface area contributed by atoms with Gasteiger partial charge in [-0.05, 0) is 37.5 Å². The summed E-state index contributed by atoms with van der Waals surface area (Å²) in [7, 11) is 1.66. The van der Waals surface area contributed by atoms with Gasteiger partial charge in [0, 0.05) is 19.3 Å². The lowest BCUT2D eigenvalue weighted by molar-refractivity contribution is 0.171. The van der Waals surface area contributed by atoms with Crippen LogP contribution in [0, 0.1) is 5.82 Å². The molecule has 0 aliphatic rings. The van der Waals surface area contributed by atoms with Crippen molar-refractivity contribution in [3.05, 3.63) is 35.6 Å². The smallest absolute Gasteiger partial charge is 0.123 e. The third-order valence-corrected chi connectivity index (χ3v) is 2.40. The molecule has 0 radical (unpaired) electrons. The van der Waals surface area contributed by atoms with Crippen LogP contribution in [0.15, 0.2) is 24.3 Å². The quantitative estimate of drug-likeness (QED) is 0.809. The van der Waals surface area contributed by atoms with Crippen LogP contribution in [-0.4, -0.2) is 19.3 Å². The van der Waals surface area contributed by atoms with E-state index in [1.807, 2.05) is 6.92 Å². The predicted octanol–water partition coefficient (Wildman–Crippen LogP) is 2.12. The Labute approximate surface area is 90.2 Å². The zero-order valence-electron chi connectivity index (χ0n) is 9.29. The van der Waals surface area contributed by atoms with E-state index < -0.39 is 0 Å². The number of rotatable bonds is 5. The van der Waals surface area contributed by atoms with Crippen molar-refractivity contribution in [3.8, 4) is 0 Å². The minimum absolute atomic E-state index is 0.214. The molecular formula is C12H18FNO. The maximum absolute atomic E-state index is 12.7. The van der Waals surface area contributed by atoms with Crippen LogP contribution in [0.5, 0.6) is 0 Å². The molecule has 1 atom stereocenters. The van der Waals surface area contributed by atoms with Gasteiger partial charge >= 0.3 is 0 Å². The molecule has 3 heteroatoms. The second kappa shape index (κ2) is 5.24. The standard InChI is InChI=1S/C12H18FNO/c1-12(14,7-8-15-2)9-10-3-5-11(13)6-4-10/h3-6H,7-9,14H2,1-2H3. The Hall–Kier alpha value is -0.930. The Balaban J connectivity index is 2.56. The van der Waals surface area contributed by atoms with Gasteiger partial charge in [0.25, 0.3) is 0 Å². The molecule has 0 saturated carbocycles. The maximum atomic E-state index is 12.7. The van der Waals surface area contributed by atoms with Gasteiger partial charge in [0.2, 0.25) is 0 Å². The molecule has 2 N–H and O–H groups in total. The van der Waals surface area contributed by atoms with Gasteiger partial charge in [-0.3, -0.25) is 0 Å². The van der Waals surface area contributed by atoms with Crippen LogP contribution in [-0.2, 0) is 11.2 Å². The summed E-state index contributed by atoms with van der Waals surface area (Å²) in [5.41, 5.74) is 6.85. The topological polar surface area (TPSA) is 35.2 Å². The molecule has 0 aromatic heterocycles. The summed E-state index contributed by atoms with van der Waals surface area (Å²) >= 11 is 0. The monoisotopic (exact) mass is 211 g/mol. The van der Waals surface area contributed by atoms with E-state index in [9.17, 15) is 4.39 Å². The minimum atomic E-state index is -0.298. The van der Waals surface area contributed by atoms with Crippen molar-refractivity contribution in [1.82, 2.24) is 0 Å². The van der Waals surface area contributed by atoms with E-state index in [1.54, 1.807) is 19.2 Å². The highest BCUT2D eigenvalue weighted by Crippen LogP contribution is 2.14. The molecule has 2 nitrogen and oxygen atoms in total. The first-order valence-corrected chi connectivity index (χ1v) is 5.06. The van der Waals surface area contributed by atoms with E-state index >= 15 is 0 Å².